The summed E-state index contributed by atoms with van der Waals surface area (Å²) in [5.74, 6) is 0.391. The Morgan fingerprint density at radius 1 is 0.659 bits per heavy atom. The van der Waals surface area contributed by atoms with Gasteiger partial charge in [0.05, 0.1) is 16.3 Å². The summed E-state index contributed by atoms with van der Waals surface area (Å²) in [6.07, 6.45) is 9.01. The zero-order chi connectivity index (χ0) is 26.9. The van der Waals surface area contributed by atoms with Crippen LogP contribution in [0.2, 0.25) is 0 Å². The number of allylic oxidation sites excluding steroid dienone is 2. The normalized spacial score (nSPS) is 17.5. The third-order valence-electron chi connectivity index (χ3n) is 8.44. The lowest BCUT2D eigenvalue weighted by molar-refractivity contribution is 0.745. The topological polar surface area (TPSA) is 16.1 Å². The first-order chi connectivity index (χ1) is 20.3. The second kappa shape index (κ2) is 9.00. The molecule has 5 aromatic carbocycles. The van der Waals surface area contributed by atoms with E-state index in [2.05, 4.69) is 138 Å². The largest absolute Gasteiger partial charge is 0.333 e. The second-order valence-corrected chi connectivity index (χ2v) is 12.8. The van der Waals surface area contributed by atoms with Crippen LogP contribution in [0, 0.1) is 0 Å². The van der Waals surface area contributed by atoms with Gasteiger partial charge in [0.25, 0.3) is 0 Å². The molecule has 3 heterocycles. The summed E-state index contributed by atoms with van der Waals surface area (Å²) in [6, 6.07) is 40.0. The molecule has 1 aliphatic carbocycles. The Kier molecular flexibility index (Phi) is 5.10. The Hall–Kier alpha value is -4.51. The molecule has 0 radical (unpaired) electrons. The van der Waals surface area contributed by atoms with Gasteiger partial charge < -0.3 is 4.90 Å². The molecule has 194 valence electrons. The first kappa shape index (κ1) is 23.2. The molecule has 4 heteroatoms. The number of aromatic nitrogens is 1. The number of benzene rings is 5. The Morgan fingerprint density at radius 3 is 2.34 bits per heavy atom. The van der Waals surface area contributed by atoms with E-state index < -0.39 is 0 Å². The number of anilines is 2. The van der Waals surface area contributed by atoms with Crippen LogP contribution in [0.25, 0.3) is 52.1 Å². The van der Waals surface area contributed by atoms with Gasteiger partial charge in [-0.25, -0.2) is 4.98 Å². The Labute approximate surface area is 246 Å². The van der Waals surface area contributed by atoms with E-state index in [1.165, 1.54) is 52.9 Å². The number of thiazole rings is 1. The van der Waals surface area contributed by atoms with E-state index in [4.69, 9.17) is 4.98 Å². The standard InChI is InChI=1S/C37H24N2S2/c1-2-10-23(11-3-1)29-22-33-35(34-28-14-6-9-17-32(28)40-36(29)34)38-37(41-33)24-18-20-25(21-19-24)39-30-15-7-4-12-26(30)27-13-5-8-16-31(27)39/h1-22,26,30H. The van der Waals surface area contributed by atoms with Crippen LogP contribution in [0.5, 0.6) is 0 Å². The van der Waals surface area contributed by atoms with Gasteiger partial charge in [0.1, 0.15) is 5.01 Å². The maximum Gasteiger partial charge on any atom is 0.124 e. The molecule has 0 N–H and O–H groups in total. The predicted octanol–water partition coefficient (Wildman–Crippen LogP) is 10.7. The molecule has 2 aromatic heterocycles. The van der Waals surface area contributed by atoms with Crippen LogP contribution in [0.1, 0.15) is 11.5 Å². The fourth-order valence-corrected chi connectivity index (χ4v) is 8.85. The summed E-state index contributed by atoms with van der Waals surface area (Å²) >= 11 is 3.66. The number of hydrogen-bond acceptors (Lipinski definition) is 4. The third-order valence-corrected chi connectivity index (χ3v) is 10.7. The van der Waals surface area contributed by atoms with Crippen LogP contribution < -0.4 is 4.90 Å². The van der Waals surface area contributed by atoms with Gasteiger partial charge in [0, 0.05) is 48.6 Å². The van der Waals surface area contributed by atoms with Crippen molar-refractivity contribution in [3.05, 3.63) is 139 Å². The van der Waals surface area contributed by atoms with Crippen molar-refractivity contribution in [3.63, 3.8) is 0 Å². The number of rotatable bonds is 3. The molecule has 2 unspecified atom stereocenters. The quantitative estimate of drug-likeness (QED) is 0.214. The molecular formula is C37H24N2S2. The molecule has 0 saturated heterocycles. The van der Waals surface area contributed by atoms with E-state index >= 15 is 0 Å². The number of nitrogens with zero attached hydrogens (tertiary/aromatic N) is 2. The third kappa shape index (κ3) is 3.51. The van der Waals surface area contributed by atoms with Crippen LogP contribution in [0.15, 0.2) is 133 Å². The van der Waals surface area contributed by atoms with Crippen LogP contribution in [0.4, 0.5) is 11.4 Å². The summed E-state index contributed by atoms with van der Waals surface area (Å²) in [5, 5.41) is 3.63. The molecule has 0 spiro atoms. The molecule has 2 nitrogen and oxygen atoms in total. The zero-order valence-corrected chi connectivity index (χ0v) is 23.7. The Bertz CT molecular complexity index is 2170. The van der Waals surface area contributed by atoms with Crippen molar-refractivity contribution in [1.82, 2.24) is 4.98 Å². The van der Waals surface area contributed by atoms with Crippen LogP contribution >= 0.6 is 22.7 Å². The molecule has 41 heavy (non-hydrogen) atoms. The van der Waals surface area contributed by atoms with Gasteiger partial charge in [-0.3, -0.25) is 0 Å². The van der Waals surface area contributed by atoms with Crippen molar-refractivity contribution in [2.45, 2.75) is 12.0 Å². The summed E-state index contributed by atoms with van der Waals surface area (Å²) in [5.41, 5.74) is 8.72. The van der Waals surface area contributed by atoms with Crippen molar-refractivity contribution in [1.29, 1.82) is 0 Å². The highest BCUT2D eigenvalue weighted by atomic mass is 32.1. The molecule has 0 saturated carbocycles. The van der Waals surface area contributed by atoms with Gasteiger partial charge in [-0.05, 0) is 53.6 Å². The first-order valence-corrected chi connectivity index (χ1v) is 15.6. The van der Waals surface area contributed by atoms with E-state index in [9.17, 15) is 0 Å². The average molecular weight is 561 g/mol. The van der Waals surface area contributed by atoms with E-state index in [0.717, 1.165) is 16.1 Å². The van der Waals surface area contributed by atoms with Crippen molar-refractivity contribution >= 4 is 64.4 Å². The van der Waals surface area contributed by atoms with E-state index in [-0.39, 0.29) is 0 Å². The minimum absolute atomic E-state index is 0.308. The van der Waals surface area contributed by atoms with Crippen LogP contribution in [0.3, 0.4) is 0 Å². The molecular weight excluding hydrogens is 537 g/mol. The smallest absolute Gasteiger partial charge is 0.124 e. The molecule has 1 aliphatic heterocycles. The fraction of sp³-hybridized carbons (Fsp3) is 0.0541. The first-order valence-electron chi connectivity index (χ1n) is 14.0. The lowest BCUT2D eigenvalue weighted by Crippen LogP contribution is -2.28. The van der Waals surface area contributed by atoms with Crippen LogP contribution in [-0.2, 0) is 0 Å². The minimum Gasteiger partial charge on any atom is -0.333 e. The SMILES string of the molecule is C1=CC2c3ccccc3N(c3ccc(-c4nc5c(cc(-c6ccccc6)c6sc7ccccc7c65)s4)cc3)C2C=C1. The van der Waals surface area contributed by atoms with Gasteiger partial charge in [-0.15, -0.1) is 22.7 Å². The summed E-state index contributed by atoms with van der Waals surface area (Å²) < 4.78 is 3.85. The molecule has 0 fully saturated rings. The van der Waals surface area contributed by atoms with Gasteiger partial charge in [-0.2, -0.15) is 0 Å². The molecule has 9 rings (SSSR count). The molecule has 0 amide bonds. The average Bonchev–Trinajstić information content (AvgIpc) is 3.73. The van der Waals surface area contributed by atoms with E-state index in [1.54, 1.807) is 11.3 Å². The number of fused-ring (bicyclic) bond motifs is 8. The maximum absolute atomic E-state index is 5.29. The molecule has 2 atom stereocenters. The highest BCUT2D eigenvalue weighted by Gasteiger charge is 2.36. The number of hydrogen-bond donors (Lipinski definition) is 0. The molecule has 7 aromatic rings. The number of thiophene rings is 1. The van der Waals surface area contributed by atoms with Gasteiger partial charge >= 0.3 is 0 Å². The second-order valence-electron chi connectivity index (χ2n) is 10.7. The van der Waals surface area contributed by atoms with Crippen LogP contribution in [-0.4, -0.2) is 11.0 Å². The van der Waals surface area contributed by atoms with Crippen molar-refractivity contribution in [3.8, 4) is 21.7 Å². The minimum atomic E-state index is 0.308. The van der Waals surface area contributed by atoms with Crippen molar-refractivity contribution < 1.29 is 0 Å². The highest BCUT2D eigenvalue weighted by molar-refractivity contribution is 7.27. The lowest BCUT2D eigenvalue weighted by atomic mass is 9.91. The van der Waals surface area contributed by atoms with Crippen molar-refractivity contribution in [2.75, 3.05) is 4.90 Å². The summed E-state index contributed by atoms with van der Waals surface area (Å²) in [7, 11) is 0. The van der Waals surface area contributed by atoms with E-state index in [1.807, 2.05) is 11.3 Å². The van der Waals surface area contributed by atoms with Gasteiger partial charge in [0.2, 0.25) is 0 Å². The highest BCUT2D eigenvalue weighted by Crippen LogP contribution is 2.49. The molecule has 0 bridgehead atoms. The molecule has 2 aliphatic rings. The van der Waals surface area contributed by atoms with E-state index in [0.29, 0.717) is 12.0 Å². The monoisotopic (exact) mass is 560 g/mol. The lowest BCUT2D eigenvalue weighted by Gasteiger charge is -2.28. The maximum atomic E-state index is 5.29. The number of para-hydroxylation sites is 1. The predicted molar refractivity (Wildman–Crippen MR) is 177 cm³/mol. The summed E-state index contributed by atoms with van der Waals surface area (Å²) in [6.45, 7) is 0. The Balaban J connectivity index is 1.18. The summed E-state index contributed by atoms with van der Waals surface area (Å²) in [4.78, 5) is 7.77. The fourth-order valence-electron chi connectivity index (χ4n) is 6.59. The van der Waals surface area contributed by atoms with Gasteiger partial charge in [0.15, 0.2) is 0 Å². The zero-order valence-electron chi connectivity index (χ0n) is 22.1. The van der Waals surface area contributed by atoms with Crippen molar-refractivity contribution in [2.24, 2.45) is 0 Å². The Morgan fingerprint density at radius 2 is 1.44 bits per heavy atom. The van der Waals surface area contributed by atoms with Gasteiger partial charge in [-0.1, -0.05) is 91.0 Å².